The monoisotopic (exact) mass is 450 g/mol. The molecule has 1 N–H and O–H groups in total. The second-order valence-corrected chi connectivity index (χ2v) is 10.1. The Morgan fingerprint density at radius 1 is 0.875 bits per heavy atom. The number of pyridine rings is 1. The van der Waals surface area contributed by atoms with Gasteiger partial charge >= 0.3 is 0 Å². The van der Waals surface area contributed by atoms with E-state index in [9.17, 15) is 8.42 Å². The summed E-state index contributed by atoms with van der Waals surface area (Å²) in [5, 5.41) is 11.7. The predicted octanol–water partition coefficient (Wildman–Crippen LogP) is 3.00. The molecule has 1 fully saturated rings. The zero-order valence-corrected chi connectivity index (χ0v) is 18.6. The van der Waals surface area contributed by atoms with Crippen molar-refractivity contribution >= 4 is 27.3 Å². The van der Waals surface area contributed by atoms with Crippen LogP contribution in [0.15, 0.2) is 59.8 Å². The summed E-state index contributed by atoms with van der Waals surface area (Å²) in [5.74, 6) is 1.38. The highest BCUT2D eigenvalue weighted by atomic mass is 32.2. The molecule has 0 radical (unpaired) electrons. The molecule has 0 atom stereocenters. The van der Waals surface area contributed by atoms with Crippen LogP contribution in [-0.2, 0) is 22.9 Å². The summed E-state index contributed by atoms with van der Waals surface area (Å²) in [6.07, 6.45) is 7.77. The van der Waals surface area contributed by atoms with Gasteiger partial charge in [0.25, 0.3) is 0 Å². The number of aryl methyl sites for hydroxylation is 2. The molecule has 0 unspecified atom stereocenters. The Balaban J connectivity index is 1.23. The van der Waals surface area contributed by atoms with E-state index >= 15 is 0 Å². The van der Waals surface area contributed by atoms with Crippen LogP contribution in [0.2, 0.25) is 0 Å². The zero-order valence-electron chi connectivity index (χ0n) is 17.8. The maximum absolute atomic E-state index is 13.2. The fourth-order valence-electron chi connectivity index (χ4n) is 4.32. The standard InChI is InChI=1S/C23H26N6O2S/c30-32(31,21-8-7-18-4-1-2-5-19(18)16-21)29-14-12-28(13-15-29)23-10-9-22(26-27-23)25-20-6-3-11-24-17-20/h3,6-11,16-17H,1-2,4-5,12-15H2,(H,25,26). The molecule has 0 bridgehead atoms. The number of anilines is 3. The number of rotatable bonds is 5. The molecule has 0 spiro atoms. The smallest absolute Gasteiger partial charge is 0.243 e. The number of hydrogen-bond donors (Lipinski definition) is 1. The van der Waals surface area contributed by atoms with Gasteiger partial charge in [0.1, 0.15) is 0 Å². The highest BCUT2D eigenvalue weighted by Gasteiger charge is 2.29. The van der Waals surface area contributed by atoms with E-state index in [0.29, 0.717) is 36.9 Å². The van der Waals surface area contributed by atoms with Crippen molar-refractivity contribution in [2.24, 2.45) is 0 Å². The molecule has 166 valence electrons. The van der Waals surface area contributed by atoms with E-state index in [1.165, 1.54) is 17.5 Å². The van der Waals surface area contributed by atoms with Crippen LogP contribution in [0.3, 0.4) is 0 Å². The van der Waals surface area contributed by atoms with Gasteiger partial charge in [-0.05, 0) is 73.2 Å². The molecule has 1 saturated heterocycles. The quantitative estimate of drug-likeness (QED) is 0.639. The van der Waals surface area contributed by atoms with Crippen molar-refractivity contribution in [3.8, 4) is 0 Å². The summed E-state index contributed by atoms with van der Waals surface area (Å²) in [4.78, 5) is 6.55. The van der Waals surface area contributed by atoms with Gasteiger partial charge < -0.3 is 10.2 Å². The van der Waals surface area contributed by atoms with E-state index in [-0.39, 0.29) is 0 Å². The summed E-state index contributed by atoms with van der Waals surface area (Å²) in [7, 11) is -3.49. The number of nitrogens with one attached hydrogen (secondary N) is 1. The van der Waals surface area contributed by atoms with Crippen molar-refractivity contribution in [3.05, 3.63) is 66.0 Å². The van der Waals surface area contributed by atoms with Crippen LogP contribution in [0.1, 0.15) is 24.0 Å². The van der Waals surface area contributed by atoms with Crippen LogP contribution in [0, 0.1) is 0 Å². The zero-order chi connectivity index (χ0) is 22.0. The average molecular weight is 451 g/mol. The van der Waals surface area contributed by atoms with Gasteiger partial charge in [0.05, 0.1) is 16.8 Å². The topological polar surface area (TPSA) is 91.3 Å². The van der Waals surface area contributed by atoms with E-state index in [1.54, 1.807) is 22.8 Å². The van der Waals surface area contributed by atoms with Crippen LogP contribution >= 0.6 is 0 Å². The van der Waals surface area contributed by atoms with Crippen molar-refractivity contribution in [1.29, 1.82) is 0 Å². The fraction of sp³-hybridized carbons (Fsp3) is 0.348. The van der Waals surface area contributed by atoms with E-state index in [2.05, 4.69) is 25.4 Å². The number of aromatic nitrogens is 3. The first-order valence-corrected chi connectivity index (χ1v) is 12.4. The van der Waals surface area contributed by atoms with E-state index in [4.69, 9.17) is 0 Å². The minimum Gasteiger partial charge on any atom is -0.352 e. The van der Waals surface area contributed by atoms with Crippen LogP contribution in [0.5, 0.6) is 0 Å². The molecule has 9 heteroatoms. The van der Waals surface area contributed by atoms with Crippen molar-refractivity contribution in [2.75, 3.05) is 36.4 Å². The Bertz CT molecular complexity index is 1180. The maximum atomic E-state index is 13.2. The van der Waals surface area contributed by atoms with Gasteiger partial charge in [-0.1, -0.05) is 6.07 Å². The Labute approximate surface area is 188 Å². The number of nitrogens with zero attached hydrogens (tertiary/aromatic N) is 5. The largest absolute Gasteiger partial charge is 0.352 e. The van der Waals surface area contributed by atoms with Gasteiger partial charge in [0.15, 0.2) is 11.6 Å². The molecule has 1 aliphatic carbocycles. The van der Waals surface area contributed by atoms with Crippen LogP contribution in [-0.4, -0.2) is 54.1 Å². The number of piperazine rings is 1. The van der Waals surface area contributed by atoms with Gasteiger partial charge in [0.2, 0.25) is 10.0 Å². The predicted molar refractivity (Wildman–Crippen MR) is 124 cm³/mol. The second kappa shape index (κ2) is 8.84. The van der Waals surface area contributed by atoms with Crippen molar-refractivity contribution in [3.63, 3.8) is 0 Å². The third-order valence-corrected chi connectivity index (χ3v) is 8.00. The minimum absolute atomic E-state index is 0.414. The lowest BCUT2D eigenvalue weighted by molar-refractivity contribution is 0.383. The summed E-state index contributed by atoms with van der Waals surface area (Å²) in [6.45, 7) is 2.01. The lowest BCUT2D eigenvalue weighted by Crippen LogP contribution is -2.49. The van der Waals surface area contributed by atoms with E-state index < -0.39 is 10.0 Å². The Kier molecular flexibility index (Phi) is 5.75. The van der Waals surface area contributed by atoms with Crippen LogP contribution in [0.4, 0.5) is 17.3 Å². The normalized spacial score (nSPS) is 17.1. The number of sulfonamides is 1. The van der Waals surface area contributed by atoms with Gasteiger partial charge in [0, 0.05) is 32.4 Å². The van der Waals surface area contributed by atoms with Crippen molar-refractivity contribution in [1.82, 2.24) is 19.5 Å². The third kappa shape index (κ3) is 4.31. The van der Waals surface area contributed by atoms with Gasteiger partial charge in [-0.25, -0.2) is 8.42 Å². The second-order valence-electron chi connectivity index (χ2n) is 8.17. The molecule has 3 aromatic rings. The van der Waals surface area contributed by atoms with Crippen LogP contribution in [0.25, 0.3) is 0 Å². The lowest BCUT2D eigenvalue weighted by atomic mass is 9.92. The summed E-state index contributed by atoms with van der Waals surface area (Å²) < 4.78 is 28.0. The van der Waals surface area contributed by atoms with Crippen molar-refractivity contribution < 1.29 is 8.42 Å². The molecular weight excluding hydrogens is 424 g/mol. The van der Waals surface area contributed by atoms with Gasteiger partial charge in [-0.15, -0.1) is 10.2 Å². The van der Waals surface area contributed by atoms with Gasteiger partial charge in [-0.2, -0.15) is 4.31 Å². The molecule has 5 rings (SSSR count). The molecule has 1 aliphatic heterocycles. The first kappa shape index (κ1) is 20.8. The SMILES string of the molecule is O=S(=O)(c1ccc2c(c1)CCCC2)N1CCN(c2ccc(Nc3cccnc3)nn2)CC1. The maximum Gasteiger partial charge on any atom is 0.243 e. The molecular formula is C23H26N6O2S. The number of fused-ring (bicyclic) bond motifs is 1. The van der Waals surface area contributed by atoms with E-state index in [0.717, 1.165) is 30.8 Å². The molecule has 32 heavy (non-hydrogen) atoms. The highest BCUT2D eigenvalue weighted by Crippen LogP contribution is 2.26. The third-order valence-electron chi connectivity index (χ3n) is 6.10. The molecule has 1 aromatic carbocycles. The summed E-state index contributed by atoms with van der Waals surface area (Å²) >= 11 is 0. The first-order valence-electron chi connectivity index (χ1n) is 11.0. The Morgan fingerprint density at radius 3 is 2.41 bits per heavy atom. The lowest BCUT2D eigenvalue weighted by Gasteiger charge is -2.34. The molecule has 8 nitrogen and oxygen atoms in total. The minimum atomic E-state index is -3.49. The molecule has 0 saturated carbocycles. The summed E-state index contributed by atoms with van der Waals surface area (Å²) in [6, 6.07) is 13.2. The molecule has 2 aliphatic rings. The molecule has 2 aromatic heterocycles. The van der Waals surface area contributed by atoms with E-state index in [1.807, 2.05) is 36.4 Å². The first-order chi connectivity index (χ1) is 15.6. The fourth-order valence-corrected chi connectivity index (χ4v) is 5.80. The highest BCUT2D eigenvalue weighted by molar-refractivity contribution is 7.89. The number of benzene rings is 1. The average Bonchev–Trinajstić information content (AvgIpc) is 2.85. The Hall–Kier alpha value is -3.04. The Morgan fingerprint density at radius 2 is 1.69 bits per heavy atom. The van der Waals surface area contributed by atoms with Gasteiger partial charge in [-0.3, -0.25) is 4.98 Å². The van der Waals surface area contributed by atoms with Crippen molar-refractivity contribution in [2.45, 2.75) is 30.6 Å². The summed E-state index contributed by atoms with van der Waals surface area (Å²) in [5.41, 5.74) is 3.32. The molecule has 0 amide bonds. The molecule has 3 heterocycles. The van der Waals surface area contributed by atoms with Crippen LogP contribution < -0.4 is 10.2 Å². The number of hydrogen-bond acceptors (Lipinski definition) is 7.